The fraction of sp³-hybridized carbons (Fsp3) is 0.233. The quantitative estimate of drug-likeness (QED) is 0.228. The van der Waals surface area contributed by atoms with E-state index < -0.39 is 0 Å². The van der Waals surface area contributed by atoms with Crippen LogP contribution in [-0.2, 0) is 0 Å². The van der Waals surface area contributed by atoms with Crippen molar-refractivity contribution >= 4 is 11.4 Å². The lowest BCUT2D eigenvalue weighted by Crippen LogP contribution is -2.17. The molecule has 2 aromatic carbocycles. The second-order valence-electron chi connectivity index (χ2n) is 8.70. The number of terminal acetylenes is 1. The summed E-state index contributed by atoms with van der Waals surface area (Å²) in [5, 5.41) is 0. The minimum Gasteiger partial charge on any atom is -0.252 e. The summed E-state index contributed by atoms with van der Waals surface area (Å²) in [7, 11) is 0. The molecule has 1 aliphatic heterocycles. The molecule has 31 heavy (non-hydrogen) atoms. The number of hydrogen-bond donors (Lipinski definition) is 0. The molecule has 2 aromatic rings. The zero-order chi connectivity index (χ0) is 22.4. The Bertz CT molecular complexity index is 1100. The Balaban J connectivity index is 1.62. The topological polar surface area (TPSA) is 12.4 Å². The maximum Gasteiger partial charge on any atom is 0.0724 e. The van der Waals surface area contributed by atoms with Crippen molar-refractivity contribution < 1.29 is 0 Å². The SMILES string of the molecule is C#CC(/C=C\CC1=Nc2ccccc21)=C/C(=C)C(C)(C)C(=C)CC(C)c1ccccc1. The highest BCUT2D eigenvalue weighted by atomic mass is 14.8. The van der Waals surface area contributed by atoms with E-state index in [-0.39, 0.29) is 5.41 Å². The van der Waals surface area contributed by atoms with Crippen molar-refractivity contribution in [2.75, 3.05) is 0 Å². The molecule has 156 valence electrons. The number of allylic oxidation sites excluding steroid dienone is 6. The maximum atomic E-state index is 5.77. The predicted octanol–water partition coefficient (Wildman–Crippen LogP) is 7.96. The van der Waals surface area contributed by atoms with Gasteiger partial charge in [0.2, 0.25) is 0 Å². The van der Waals surface area contributed by atoms with Gasteiger partial charge < -0.3 is 0 Å². The van der Waals surface area contributed by atoms with Crippen LogP contribution in [-0.4, -0.2) is 5.71 Å². The first-order valence-corrected chi connectivity index (χ1v) is 10.8. The third-order valence-electron chi connectivity index (χ3n) is 6.18. The fourth-order valence-electron chi connectivity index (χ4n) is 3.68. The number of rotatable bonds is 9. The summed E-state index contributed by atoms with van der Waals surface area (Å²) in [6, 6.07) is 18.8. The molecule has 0 saturated carbocycles. The molecule has 0 aliphatic carbocycles. The molecule has 0 bridgehead atoms. The van der Waals surface area contributed by atoms with Crippen molar-refractivity contribution in [1.29, 1.82) is 0 Å². The number of para-hydroxylation sites is 1. The lowest BCUT2D eigenvalue weighted by molar-refractivity contribution is 0.513. The summed E-state index contributed by atoms with van der Waals surface area (Å²) in [5.41, 5.74) is 7.43. The molecule has 1 heteroatoms. The van der Waals surface area contributed by atoms with E-state index in [1.54, 1.807) is 0 Å². The van der Waals surface area contributed by atoms with E-state index in [0.29, 0.717) is 5.92 Å². The largest absolute Gasteiger partial charge is 0.252 e. The van der Waals surface area contributed by atoms with Crippen LogP contribution in [0.3, 0.4) is 0 Å². The van der Waals surface area contributed by atoms with Crippen LogP contribution in [0.5, 0.6) is 0 Å². The van der Waals surface area contributed by atoms with Gasteiger partial charge in [0, 0.05) is 23.0 Å². The first-order valence-electron chi connectivity index (χ1n) is 10.8. The van der Waals surface area contributed by atoms with E-state index in [9.17, 15) is 0 Å². The number of fused-ring (bicyclic) bond motifs is 1. The Kier molecular flexibility index (Phi) is 6.93. The Hall–Kier alpha value is -3.37. The molecule has 0 amide bonds. The molecule has 0 N–H and O–H groups in total. The first kappa shape index (κ1) is 22.3. The van der Waals surface area contributed by atoms with Crippen molar-refractivity contribution in [1.82, 2.24) is 0 Å². The Morgan fingerprint density at radius 2 is 1.77 bits per heavy atom. The van der Waals surface area contributed by atoms with Gasteiger partial charge in [0.25, 0.3) is 0 Å². The van der Waals surface area contributed by atoms with Crippen LogP contribution in [0.25, 0.3) is 0 Å². The van der Waals surface area contributed by atoms with Crippen LogP contribution in [0.4, 0.5) is 5.69 Å². The second kappa shape index (κ2) is 9.63. The van der Waals surface area contributed by atoms with Gasteiger partial charge in [0.15, 0.2) is 0 Å². The highest BCUT2D eigenvalue weighted by Crippen LogP contribution is 2.39. The lowest BCUT2D eigenvalue weighted by atomic mass is 9.74. The zero-order valence-corrected chi connectivity index (χ0v) is 18.9. The van der Waals surface area contributed by atoms with Crippen LogP contribution in [0.2, 0.25) is 0 Å². The first-order chi connectivity index (χ1) is 14.8. The average Bonchev–Trinajstić information content (AvgIpc) is 2.76. The number of nitrogens with zero attached hydrogens (tertiary/aromatic N) is 1. The van der Waals surface area contributed by atoms with Gasteiger partial charge in [-0.3, -0.25) is 4.99 Å². The molecule has 0 saturated heterocycles. The standard InChI is InChI=1S/C30H31N/c1-7-25(14-13-19-29-27-17-11-12-18-28(27)31-29)21-24(4)30(5,6)23(3)20-22(2)26-15-9-8-10-16-26/h1,8-18,21-22H,3-4,19-20H2,2,5-6H3/b14-13-,25-21-. The molecular weight excluding hydrogens is 374 g/mol. The third kappa shape index (κ3) is 5.22. The van der Waals surface area contributed by atoms with E-state index >= 15 is 0 Å². The minimum absolute atomic E-state index is 0.240. The average molecular weight is 406 g/mol. The summed E-state index contributed by atoms with van der Waals surface area (Å²) in [6.45, 7) is 15.3. The highest BCUT2D eigenvalue weighted by molar-refractivity contribution is 6.12. The van der Waals surface area contributed by atoms with Crippen LogP contribution in [0.15, 0.2) is 108 Å². The molecule has 0 aromatic heterocycles. The molecule has 1 unspecified atom stereocenters. The fourth-order valence-corrected chi connectivity index (χ4v) is 3.68. The summed E-state index contributed by atoms with van der Waals surface area (Å²) in [5.74, 6) is 3.19. The molecule has 1 aliphatic rings. The molecule has 0 fully saturated rings. The molecule has 1 nitrogen and oxygen atoms in total. The monoisotopic (exact) mass is 405 g/mol. The Morgan fingerprint density at radius 1 is 1.10 bits per heavy atom. The molecule has 0 spiro atoms. The summed E-state index contributed by atoms with van der Waals surface area (Å²) >= 11 is 0. The lowest BCUT2D eigenvalue weighted by Gasteiger charge is -2.30. The molecule has 1 atom stereocenters. The van der Waals surface area contributed by atoms with E-state index in [1.165, 1.54) is 11.1 Å². The number of hydrogen-bond acceptors (Lipinski definition) is 1. The van der Waals surface area contributed by atoms with Crippen molar-refractivity contribution in [3.8, 4) is 12.3 Å². The van der Waals surface area contributed by atoms with Gasteiger partial charge in [0.05, 0.1) is 11.4 Å². The minimum atomic E-state index is -0.240. The van der Waals surface area contributed by atoms with E-state index in [4.69, 9.17) is 6.42 Å². The Morgan fingerprint density at radius 3 is 2.45 bits per heavy atom. The molecule has 0 radical (unpaired) electrons. The van der Waals surface area contributed by atoms with Crippen LogP contribution in [0.1, 0.15) is 50.7 Å². The normalized spacial score (nSPS) is 14.3. The van der Waals surface area contributed by atoms with Gasteiger partial charge in [-0.1, -0.05) is 106 Å². The summed E-state index contributed by atoms with van der Waals surface area (Å²) < 4.78 is 0. The highest BCUT2D eigenvalue weighted by Gasteiger charge is 2.25. The van der Waals surface area contributed by atoms with Crippen LogP contribution < -0.4 is 0 Å². The smallest absolute Gasteiger partial charge is 0.0724 e. The zero-order valence-electron chi connectivity index (χ0n) is 18.9. The van der Waals surface area contributed by atoms with Gasteiger partial charge in [0.1, 0.15) is 0 Å². The number of aliphatic imine (C=N–C) groups is 1. The van der Waals surface area contributed by atoms with Gasteiger partial charge in [-0.25, -0.2) is 0 Å². The van der Waals surface area contributed by atoms with E-state index in [2.05, 4.69) is 81.2 Å². The number of benzene rings is 2. The summed E-state index contributed by atoms with van der Waals surface area (Å²) in [4.78, 5) is 4.55. The predicted molar refractivity (Wildman–Crippen MR) is 135 cm³/mol. The molecule has 3 rings (SSSR count). The van der Waals surface area contributed by atoms with Gasteiger partial charge in [-0.15, -0.1) is 6.42 Å². The van der Waals surface area contributed by atoms with Gasteiger partial charge in [-0.2, -0.15) is 0 Å². The van der Waals surface area contributed by atoms with E-state index in [0.717, 1.165) is 41.0 Å². The second-order valence-corrected chi connectivity index (χ2v) is 8.70. The maximum absolute atomic E-state index is 5.77. The van der Waals surface area contributed by atoms with Gasteiger partial charge >= 0.3 is 0 Å². The molecular formula is C30H31N. The van der Waals surface area contributed by atoms with E-state index in [1.807, 2.05) is 36.4 Å². The van der Waals surface area contributed by atoms with Crippen LogP contribution >= 0.6 is 0 Å². The Labute approximate surface area is 187 Å². The summed E-state index contributed by atoms with van der Waals surface area (Å²) in [6.07, 6.45) is 13.5. The van der Waals surface area contributed by atoms with Gasteiger partial charge in [-0.05, 0) is 35.6 Å². The van der Waals surface area contributed by atoms with Crippen LogP contribution in [0, 0.1) is 17.8 Å². The van der Waals surface area contributed by atoms with Crippen molar-refractivity contribution in [2.45, 2.75) is 39.5 Å². The van der Waals surface area contributed by atoms with Crippen molar-refractivity contribution in [2.24, 2.45) is 10.4 Å². The third-order valence-corrected chi connectivity index (χ3v) is 6.18. The van der Waals surface area contributed by atoms with Crippen molar-refractivity contribution in [3.63, 3.8) is 0 Å². The molecule has 1 heterocycles. The van der Waals surface area contributed by atoms with Crippen molar-refractivity contribution in [3.05, 3.63) is 114 Å².